The van der Waals surface area contributed by atoms with Crippen molar-refractivity contribution < 1.29 is 4.74 Å². The number of nitrogens with zero attached hydrogens (tertiary/aromatic N) is 2. The molecule has 3 aromatic rings. The van der Waals surface area contributed by atoms with Gasteiger partial charge in [-0.1, -0.05) is 65.7 Å². The Morgan fingerprint density at radius 1 is 1.15 bits per heavy atom. The van der Waals surface area contributed by atoms with Crippen molar-refractivity contribution in [2.24, 2.45) is 10.7 Å². The third-order valence-electron chi connectivity index (χ3n) is 4.73. The number of halogens is 1. The van der Waals surface area contributed by atoms with Crippen molar-refractivity contribution in [3.8, 4) is 11.8 Å². The molecule has 4 nitrogen and oxygen atoms in total. The van der Waals surface area contributed by atoms with Crippen LogP contribution in [0.5, 0.6) is 5.75 Å². The van der Waals surface area contributed by atoms with Gasteiger partial charge in [-0.25, -0.2) is 4.99 Å². The van der Waals surface area contributed by atoms with E-state index in [2.05, 4.69) is 11.1 Å². The predicted molar refractivity (Wildman–Crippen MR) is 108 cm³/mol. The smallest absolute Gasteiger partial charge is 0.235 e. The summed E-state index contributed by atoms with van der Waals surface area (Å²) in [5.74, 6) is 0.533. The van der Waals surface area contributed by atoms with Crippen LogP contribution in [0, 0.1) is 18.3 Å². The number of allylic oxidation sites excluding steroid dienone is 1. The Kier molecular flexibility index (Phi) is 4.31. The van der Waals surface area contributed by atoms with Crippen molar-refractivity contribution >= 4 is 28.7 Å². The first-order valence-corrected chi connectivity index (χ1v) is 8.86. The van der Waals surface area contributed by atoms with E-state index in [0.29, 0.717) is 16.3 Å². The molecule has 0 aromatic heterocycles. The summed E-state index contributed by atoms with van der Waals surface area (Å²) >= 11 is 6.56. The fourth-order valence-corrected chi connectivity index (χ4v) is 3.75. The second-order valence-corrected chi connectivity index (χ2v) is 6.78. The number of nitriles is 1. The van der Waals surface area contributed by atoms with E-state index in [-0.39, 0.29) is 11.8 Å². The SMILES string of the molecule is Cc1ccc([C@@H]2C(C#N)=C(N=CN)Oc3c2cc(Cl)c2ccccc32)cc1. The lowest BCUT2D eigenvalue weighted by Crippen LogP contribution is -2.16. The Balaban J connectivity index is 2.06. The van der Waals surface area contributed by atoms with Crippen LogP contribution in [0.4, 0.5) is 0 Å². The molecule has 4 rings (SSSR count). The number of hydrogen-bond acceptors (Lipinski definition) is 3. The van der Waals surface area contributed by atoms with E-state index >= 15 is 0 Å². The van der Waals surface area contributed by atoms with E-state index < -0.39 is 0 Å². The van der Waals surface area contributed by atoms with E-state index in [1.807, 2.05) is 61.5 Å². The van der Waals surface area contributed by atoms with Gasteiger partial charge in [-0.3, -0.25) is 0 Å². The molecule has 0 saturated carbocycles. The molecule has 1 aliphatic rings. The van der Waals surface area contributed by atoms with Gasteiger partial charge in [0, 0.05) is 21.4 Å². The number of aryl methyl sites for hydroxylation is 1. The number of hydrogen-bond donors (Lipinski definition) is 1. The van der Waals surface area contributed by atoms with E-state index in [9.17, 15) is 5.26 Å². The molecule has 0 saturated heterocycles. The lowest BCUT2D eigenvalue weighted by molar-refractivity contribution is 0.400. The maximum Gasteiger partial charge on any atom is 0.235 e. The average Bonchev–Trinajstić information content (AvgIpc) is 2.69. The third-order valence-corrected chi connectivity index (χ3v) is 5.04. The normalized spacial score (nSPS) is 16.3. The van der Waals surface area contributed by atoms with Crippen molar-refractivity contribution in [3.05, 3.63) is 87.8 Å². The molecule has 0 spiro atoms. The molecule has 1 heterocycles. The van der Waals surface area contributed by atoms with E-state index in [4.69, 9.17) is 22.1 Å². The summed E-state index contributed by atoms with van der Waals surface area (Å²) in [6.07, 6.45) is 1.14. The van der Waals surface area contributed by atoms with Gasteiger partial charge in [0.25, 0.3) is 0 Å². The topological polar surface area (TPSA) is 71.4 Å². The van der Waals surface area contributed by atoms with Crippen LogP contribution < -0.4 is 10.5 Å². The van der Waals surface area contributed by atoms with Crippen LogP contribution in [0.2, 0.25) is 5.02 Å². The zero-order valence-corrected chi connectivity index (χ0v) is 15.4. The fraction of sp³-hybridized carbons (Fsp3) is 0.0909. The molecule has 0 fully saturated rings. The van der Waals surface area contributed by atoms with Crippen LogP contribution in [0.25, 0.3) is 10.8 Å². The maximum atomic E-state index is 9.85. The second kappa shape index (κ2) is 6.79. The molecule has 0 radical (unpaired) electrons. The first-order chi connectivity index (χ1) is 13.1. The summed E-state index contributed by atoms with van der Waals surface area (Å²) in [5.41, 5.74) is 8.86. The minimum Gasteiger partial charge on any atom is -0.437 e. The van der Waals surface area contributed by atoms with Gasteiger partial charge in [0.1, 0.15) is 17.4 Å². The molecular formula is C22H16ClN3O. The number of rotatable bonds is 2. The summed E-state index contributed by atoms with van der Waals surface area (Å²) in [6.45, 7) is 2.03. The highest BCUT2D eigenvalue weighted by Crippen LogP contribution is 2.48. The zero-order chi connectivity index (χ0) is 19.0. The number of nitrogens with two attached hydrogens (primary N) is 1. The summed E-state index contributed by atoms with van der Waals surface area (Å²) in [4.78, 5) is 4.11. The number of fused-ring (bicyclic) bond motifs is 3. The van der Waals surface area contributed by atoms with Gasteiger partial charge in [0.2, 0.25) is 5.88 Å². The molecule has 0 bridgehead atoms. The Hall–Kier alpha value is -3.29. The molecule has 5 heteroatoms. The van der Waals surface area contributed by atoms with Gasteiger partial charge >= 0.3 is 0 Å². The molecule has 0 unspecified atom stereocenters. The van der Waals surface area contributed by atoms with Crippen molar-refractivity contribution in [2.45, 2.75) is 12.8 Å². The number of aliphatic imine (C=N–C) groups is 1. The summed E-state index contributed by atoms with van der Waals surface area (Å²) in [5, 5.41) is 12.2. The van der Waals surface area contributed by atoms with Gasteiger partial charge in [0.05, 0.1) is 12.3 Å². The monoisotopic (exact) mass is 373 g/mol. The first kappa shape index (κ1) is 17.1. The summed E-state index contributed by atoms with van der Waals surface area (Å²) in [7, 11) is 0. The molecule has 3 aromatic carbocycles. The number of ether oxygens (including phenoxy) is 1. The molecule has 0 amide bonds. The van der Waals surface area contributed by atoms with Crippen molar-refractivity contribution in [1.82, 2.24) is 0 Å². The maximum absolute atomic E-state index is 9.85. The molecular weight excluding hydrogens is 358 g/mol. The van der Waals surface area contributed by atoms with Gasteiger partial charge in [-0.2, -0.15) is 5.26 Å². The lowest BCUT2D eigenvalue weighted by Gasteiger charge is -2.28. The van der Waals surface area contributed by atoms with Crippen molar-refractivity contribution in [1.29, 1.82) is 5.26 Å². The Morgan fingerprint density at radius 2 is 1.85 bits per heavy atom. The van der Waals surface area contributed by atoms with E-state index in [0.717, 1.165) is 33.8 Å². The predicted octanol–water partition coefficient (Wildman–Crippen LogP) is 5.05. The first-order valence-electron chi connectivity index (χ1n) is 8.48. The van der Waals surface area contributed by atoms with Crippen LogP contribution in [-0.4, -0.2) is 6.34 Å². The van der Waals surface area contributed by atoms with Crippen LogP contribution in [0.15, 0.2) is 71.0 Å². The van der Waals surface area contributed by atoms with Gasteiger partial charge in [-0.15, -0.1) is 0 Å². The molecule has 1 atom stereocenters. The van der Waals surface area contributed by atoms with Gasteiger partial charge < -0.3 is 10.5 Å². The lowest BCUT2D eigenvalue weighted by atomic mass is 9.82. The quantitative estimate of drug-likeness (QED) is 0.504. The highest BCUT2D eigenvalue weighted by Gasteiger charge is 2.33. The molecule has 2 N–H and O–H groups in total. The summed E-state index contributed by atoms with van der Waals surface area (Å²) in [6, 6.07) is 20.0. The van der Waals surface area contributed by atoms with Crippen molar-refractivity contribution in [3.63, 3.8) is 0 Å². The largest absolute Gasteiger partial charge is 0.437 e. The Bertz CT molecular complexity index is 1140. The zero-order valence-electron chi connectivity index (χ0n) is 14.6. The highest BCUT2D eigenvalue weighted by atomic mass is 35.5. The minimum atomic E-state index is -0.333. The van der Waals surface area contributed by atoms with E-state index in [1.54, 1.807) is 0 Å². The summed E-state index contributed by atoms with van der Waals surface area (Å²) < 4.78 is 6.04. The average molecular weight is 374 g/mol. The molecule has 27 heavy (non-hydrogen) atoms. The van der Waals surface area contributed by atoms with Crippen LogP contribution in [0.3, 0.4) is 0 Å². The van der Waals surface area contributed by atoms with Crippen molar-refractivity contribution in [2.75, 3.05) is 0 Å². The second-order valence-electron chi connectivity index (χ2n) is 6.38. The number of benzene rings is 3. The standard InChI is InChI=1S/C22H16ClN3O/c1-13-6-8-14(9-7-13)20-17-10-19(23)15-4-2-3-5-16(15)21(17)27-22(26-12-25)18(20)11-24/h2-10,12,20H,1H3,(H2,25,26)/t20-/m0/s1. The van der Waals surface area contributed by atoms with Crippen LogP contribution in [-0.2, 0) is 0 Å². The Labute approximate surface area is 162 Å². The molecule has 0 aliphatic carbocycles. The Morgan fingerprint density at radius 3 is 2.52 bits per heavy atom. The third kappa shape index (κ3) is 2.83. The van der Waals surface area contributed by atoms with Gasteiger partial charge in [-0.05, 0) is 18.6 Å². The molecule has 132 valence electrons. The van der Waals surface area contributed by atoms with Crippen LogP contribution in [0.1, 0.15) is 22.6 Å². The van der Waals surface area contributed by atoms with Gasteiger partial charge in [0.15, 0.2) is 0 Å². The van der Waals surface area contributed by atoms with Crippen LogP contribution >= 0.6 is 11.6 Å². The fourth-order valence-electron chi connectivity index (χ4n) is 3.46. The molecule has 1 aliphatic heterocycles. The minimum absolute atomic E-state index is 0.213. The highest BCUT2D eigenvalue weighted by molar-refractivity contribution is 6.36. The van der Waals surface area contributed by atoms with E-state index in [1.165, 1.54) is 0 Å².